The van der Waals surface area contributed by atoms with Gasteiger partial charge in [0, 0.05) is 29.4 Å². The van der Waals surface area contributed by atoms with Crippen molar-refractivity contribution in [3.05, 3.63) is 72.6 Å². The number of hydrogen-bond donors (Lipinski definition) is 1. The molecule has 110 valence electrons. The molecule has 1 N–H and O–H groups in total. The van der Waals surface area contributed by atoms with Crippen molar-refractivity contribution in [2.75, 3.05) is 0 Å². The molecule has 2 aromatic carbocycles. The lowest BCUT2D eigenvalue weighted by Gasteiger charge is -2.05. The van der Waals surface area contributed by atoms with Crippen molar-refractivity contribution in [2.24, 2.45) is 4.99 Å². The van der Waals surface area contributed by atoms with Gasteiger partial charge in [-0.05, 0) is 54.1 Å². The average Bonchev–Trinajstić information content (AvgIpc) is 2.61. The van der Waals surface area contributed by atoms with Gasteiger partial charge < -0.3 is 5.11 Å². The summed E-state index contributed by atoms with van der Waals surface area (Å²) in [4.78, 5) is 13.5. The maximum atomic E-state index is 9.34. The van der Waals surface area contributed by atoms with Crippen LogP contribution in [0.2, 0.25) is 0 Å². The molecule has 0 aliphatic heterocycles. The molecule has 0 aliphatic carbocycles. The number of rotatable bonds is 2. The van der Waals surface area contributed by atoms with Gasteiger partial charge in [-0.15, -0.1) is 0 Å². The molecule has 4 heteroatoms. The number of fused-ring (bicyclic) bond motifs is 3. The van der Waals surface area contributed by atoms with Gasteiger partial charge in [0.2, 0.25) is 0 Å². The second-order valence-corrected chi connectivity index (χ2v) is 5.22. The fraction of sp³-hybridized carbons (Fsp3) is 0. The third-order valence-electron chi connectivity index (χ3n) is 3.68. The number of phenols is 1. The highest BCUT2D eigenvalue weighted by atomic mass is 16.3. The highest BCUT2D eigenvalue weighted by molar-refractivity contribution is 6.08. The monoisotopic (exact) mass is 299 g/mol. The Kier molecular flexibility index (Phi) is 3.20. The van der Waals surface area contributed by atoms with E-state index in [2.05, 4.69) is 15.0 Å². The van der Waals surface area contributed by atoms with Gasteiger partial charge in [0.05, 0.1) is 16.7 Å². The number of pyridine rings is 2. The second-order valence-electron chi connectivity index (χ2n) is 5.22. The van der Waals surface area contributed by atoms with Crippen LogP contribution >= 0.6 is 0 Å². The van der Waals surface area contributed by atoms with Gasteiger partial charge in [-0.1, -0.05) is 6.07 Å². The van der Waals surface area contributed by atoms with Crippen molar-refractivity contribution in [3.8, 4) is 5.75 Å². The largest absolute Gasteiger partial charge is 0.508 e. The van der Waals surface area contributed by atoms with Crippen molar-refractivity contribution in [3.63, 3.8) is 0 Å². The van der Waals surface area contributed by atoms with E-state index in [1.54, 1.807) is 30.7 Å². The van der Waals surface area contributed by atoms with E-state index in [-0.39, 0.29) is 5.75 Å². The predicted molar refractivity (Wildman–Crippen MR) is 92.4 cm³/mol. The predicted octanol–water partition coefficient (Wildman–Crippen LogP) is 4.24. The molecule has 0 unspecified atom stereocenters. The maximum absolute atomic E-state index is 9.34. The topological polar surface area (TPSA) is 58.4 Å². The van der Waals surface area contributed by atoms with Gasteiger partial charge in [-0.3, -0.25) is 15.0 Å². The molecule has 0 saturated carbocycles. The zero-order valence-electron chi connectivity index (χ0n) is 12.2. The summed E-state index contributed by atoms with van der Waals surface area (Å²) in [5.74, 6) is 0.244. The number of nitrogens with zero attached hydrogens (tertiary/aromatic N) is 3. The fourth-order valence-electron chi connectivity index (χ4n) is 2.57. The van der Waals surface area contributed by atoms with Crippen LogP contribution in [0.1, 0.15) is 5.56 Å². The molecule has 0 radical (unpaired) electrons. The van der Waals surface area contributed by atoms with Gasteiger partial charge in [0.25, 0.3) is 0 Å². The molecule has 0 fully saturated rings. The quantitative estimate of drug-likeness (QED) is 0.445. The van der Waals surface area contributed by atoms with Crippen LogP contribution < -0.4 is 0 Å². The Balaban J connectivity index is 1.89. The number of hydrogen-bond acceptors (Lipinski definition) is 4. The van der Waals surface area contributed by atoms with E-state index >= 15 is 0 Å². The van der Waals surface area contributed by atoms with Crippen molar-refractivity contribution in [1.29, 1.82) is 0 Å². The molecule has 0 spiro atoms. The number of aromatic nitrogens is 2. The normalized spacial score (nSPS) is 11.5. The average molecular weight is 299 g/mol. The zero-order chi connectivity index (χ0) is 15.6. The van der Waals surface area contributed by atoms with E-state index in [4.69, 9.17) is 0 Å². The summed E-state index contributed by atoms with van der Waals surface area (Å²) in [6, 6.07) is 16.8. The summed E-state index contributed by atoms with van der Waals surface area (Å²) in [6.07, 6.45) is 5.32. The first-order valence-electron chi connectivity index (χ1n) is 7.27. The minimum absolute atomic E-state index is 0.244. The van der Waals surface area contributed by atoms with Crippen molar-refractivity contribution in [1.82, 2.24) is 9.97 Å². The number of benzene rings is 2. The highest BCUT2D eigenvalue weighted by Crippen LogP contribution is 2.31. The van der Waals surface area contributed by atoms with Crippen LogP contribution in [0.5, 0.6) is 5.75 Å². The summed E-state index contributed by atoms with van der Waals surface area (Å²) in [5.41, 5.74) is 3.50. The second kappa shape index (κ2) is 5.50. The molecule has 23 heavy (non-hydrogen) atoms. The fourth-order valence-corrected chi connectivity index (χ4v) is 2.57. The van der Waals surface area contributed by atoms with E-state index in [1.165, 1.54) is 0 Å². The van der Waals surface area contributed by atoms with Crippen molar-refractivity contribution >= 4 is 33.7 Å². The Bertz CT molecular complexity index is 1020. The molecule has 0 saturated heterocycles. The molecule has 4 aromatic rings. The lowest BCUT2D eigenvalue weighted by molar-refractivity contribution is 0.475. The Morgan fingerprint density at radius 3 is 2.43 bits per heavy atom. The molecule has 2 aromatic heterocycles. The van der Waals surface area contributed by atoms with Crippen LogP contribution in [-0.2, 0) is 0 Å². The maximum Gasteiger partial charge on any atom is 0.115 e. The Morgan fingerprint density at radius 1 is 0.870 bits per heavy atom. The number of phenolic OH excluding ortho intramolecular Hbond substituents is 1. The molecule has 0 amide bonds. The summed E-state index contributed by atoms with van der Waals surface area (Å²) >= 11 is 0. The van der Waals surface area contributed by atoms with Gasteiger partial charge in [-0.25, -0.2) is 0 Å². The Hall–Kier alpha value is -3.27. The van der Waals surface area contributed by atoms with Crippen LogP contribution in [0.4, 0.5) is 5.69 Å². The van der Waals surface area contributed by atoms with Crippen molar-refractivity contribution < 1.29 is 5.11 Å². The first-order valence-corrected chi connectivity index (χ1v) is 7.27. The molecular weight excluding hydrogens is 286 g/mol. The third-order valence-corrected chi connectivity index (χ3v) is 3.68. The lowest BCUT2D eigenvalue weighted by Crippen LogP contribution is -1.86. The Labute approximate surface area is 132 Å². The molecule has 0 aliphatic rings. The summed E-state index contributed by atoms with van der Waals surface area (Å²) in [7, 11) is 0. The van der Waals surface area contributed by atoms with E-state index in [1.807, 2.05) is 42.5 Å². The zero-order valence-corrected chi connectivity index (χ0v) is 12.2. The number of aliphatic imine (C=N–C) groups is 1. The van der Waals surface area contributed by atoms with Crippen molar-refractivity contribution in [2.45, 2.75) is 0 Å². The van der Waals surface area contributed by atoms with Crippen LogP contribution in [0.25, 0.3) is 21.8 Å². The van der Waals surface area contributed by atoms with Crippen LogP contribution in [0.3, 0.4) is 0 Å². The SMILES string of the molecule is Oc1ccc(C=Nc2cc3cccnc3c3ncccc23)cc1. The van der Waals surface area contributed by atoms with Gasteiger partial charge in [0.1, 0.15) is 5.75 Å². The lowest BCUT2D eigenvalue weighted by atomic mass is 10.1. The smallest absolute Gasteiger partial charge is 0.115 e. The van der Waals surface area contributed by atoms with Gasteiger partial charge in [-0.2, -0.15) is 0 Å². The summed E-state index contributed by atoms with van der Waals surface area (Å²) in [5, 5.41) is 11.3. The van der Waals surface area contributed by atoms with Crippen LogP contribution in [-0.4, -0.2) is 21.3 Å². The third kappa shape index (κ3) is 2.51. The first-order chi connectivity index (χ1) is 11.3. The summed E-state index contributed by atoms with van der Waals surface area (Å²) < 4.78 is 0. The minimum atomic E-state index is 0.244. The van der Waals surface area contributed by atoms with E-state index in [0.717, 1.165) is 33.1 Å². The molecule has 0 atom stereocenters. The highest BCUT2D eigenvalue weighted by Gasteiger charge is 2.07. The molecular formula is C19H13N3O. The van der Waals surface area contributed by atoms with Crippen LogP contribution in [0.15, 0.2) is 72.0 Å². The van der Waals surface area contributed by atoms with E-state index < -0.39 is 0 Å². The van der Waals surface area contributed by atoms with Gasteiger partial charge in [0.15, 0.2) is 0 Å². The van der Waals surface area contributed by atoms with Crippen LogP contribution in [0, 0.1) is 0 Å². The molecule has 4 rings (SSSR count). The Morgan fingerprint density at radius 2 is 1.61 bits per heavy atom. The molecule has 2 heterocycles. The summed E-state index contributed by atoms with van der Waals surface area (Å²) in [6.45, 7) is 0. The standard InChI is InChI=1S/C19H13N3O/c23-15-7-5-13(6-8-15)12-22-17-11-14-3-1-9-20-18(14)19-16(17)4-2-10-21-19/h1-12,23H. The van der Waals surface area contributed by atoms with E-state index in [9.17, 15) is 5.11 Å². The minimum Gasteiger partial charge on any atom is -0.508 e. The molecule has 4 nitrogen and oxygen atoms in total. The molecule has 0 bridgehead atoms. The van der Waals surface area contributed by atoms with E-state index in [0.29, 0.717) is 0 Å². The van der Waals surface area contributed by atoms with Gasteiger partial charge >= 0.3 is 0 Å². The number of aromatic hydroxyl groups is 1. The first kappa shape index (κ1) is 13.4.